The van der Waals surface area contributed by atoms with E-state index in [1.807, 2.05) is 24.3 Å². The first-order chi connectivity index (χ1) is 13.3. The van der Waals surface area contributed by atoms with Gasteiger partial charge in [-0.05, 0) is 49.2 Å². The normalized spacial score (nSPS) is 19.6. The molecule has 6 heteroatoms. The molecule has 144 valence electrons. The highest BCUT2D eigenvalue weighted by atomic mass is 16.5. The molecule has 27 heavy (non-hydrogen) atoms. The van der Waals surface area contributed by atoms with Gasteiger partial charge in [0.2, 0.25) is 5.91 Å². The largest absolute Gasteiger partial charge is 0.381 e. The Morgan fingerprint density at radius 1 is 0.963 bits per heavy atom. The molecule has 0 radical (unpaired) electrons. The maximum atomic E-state index is 12.8. The summed E-state index contributed by atoms with van der Waals surface area (Å²) >= 11 is 0. The minimum Gasteiger partial charge on any atom is -0.381 e. The quantitative estimate of drug-likeness (QED) is 0.881. The molecular weight excluding hydrogens is 342 g/mol. The molecule has 0 unspecified atom stereocenters. The number of carbonyl (C=O) groups is 1. The number of aromatic nitrogens is 1. The monoisotopic (exact) mass is 369 g/mol. The standard InChI is InChI=1S/C21H27N3O3/c25-20(17-21(7-13-26-14-8-21)24-9-1-2-10-24)22-18-3-5-19(6-4-18)23-11-15-27-16-12-23/h1-6,9-10H,7-8,11-17H2,(H,22,25). The third-order valence-corrected chi connectivity index (χ3v) is 5.59. The van der Waals surface area contributed by atoms with E-state index in [1.54, 1.807) is 0 Å². The summed E-state index contributed by atoms with van der Waals surface area (Å²) in [5.41, 5.74) is 1.82. The van der Waals surface area contributed by atoms with Crippen molar-refractivity contribution in [3.63, 3.8) is 0 Å². The Hall–Kier alpha value is -2.31. The molecular formula is C21H27N3O3. The van der Waals surface area contributed by atoms with Crippen molar-refractivity contribution in [1.82, 2.24) is 4.57 Å². The zero-order valence-electron chi connectivity index (χ0n) is 15.6. The van der Waals surface area contributed by atoms with E-state index < -0.39 is 0 Å². The van der Waals surface area contributed by atoms with E-state index in [4.69, 9.17) is 9.47 Å². The summed E-state index contributed by atoms with van der Waals surface area (Å²) in [5, 5.41) is 3.07. The molecule has 0 spiro atoms. The van der Waals surface area contributed by atoms with Gasteiger partial charge in [-0.1, -0.05) is 0 Å². The molecule has 2 fully saturated rings. The molecule has 0 saturated carbocycles. The highest BCUT2D eigenvalue weighted by Gasteiger charge is 2.36. The number of anilines is 2. The van der Waals surface area contributed by atoms with Gasteiger partial charge in [0.15, 0.2) is 0 Å². The third kappa shape index (κ3) is 4.17. The van der Waals surface area contributed by atoms with E-state index in [2.05, 4.69) is 39.3 Å². The summed E-state index contributed by atoms with van der Waals surface area (Å²) in [5.74, 6) is 0.0460. The second-order valence-corrected chi connectivity index (χ2v) is 7.30. The summed E-state index contributed by atoms with van der Waals surface area (Å²) in [6.07, 6.45) is 6.26. The minimum atomic E-state index is -0.195. The lowest BCUT2D eigenvalue weighted by atomic mass is 9.86. The van der Waals surface area contributed by atoms with Crippen LogP contribution in [0.25, 0.3) is 0 Å². The number of benzene rings is 1. The maximum Gasteiger partial charge on any atom is 0.226 e. The lowest BCUT2D eigenvalue weighted by molar-refractivity contribution is -0.119. The molecule has 6 nitrogen and oxygen atoms in total. The fourth-order valence-electron chi connectivity index (χ4n) is 4.01. The number of hydrogen-bond donors (Lipinski definition) is 1. The van der Waals surface area contributed by atoms with Crippen LogP contribution < -0.4 is 10.2 Å². The highest BCUT2D eigenvalue weighted by Crippen LogP contribution is 2.33. The fraction of sp³-hybridized carbons (Fsp3) is 0.476. The number of amides is 1. The second kappa shape index (κ2) is 8.15. The highest BCUT2D eigenvalue weighted by molar-refractivity contribution is 5.91. The molecule has 2 aromatic rings. The van der Waals surface area contributed by atoms with Gasteiger partial charge in [0, 0.05) is 50.1 Å². The average Bonchev–Trinajstić information content (AvgIpc) is 3.26. The number of rotatable bonds is 5. The Kier molecular flexibility index (Phi) is 5.45. The first kappa shape index (κ1) is 18.1. The summed E-state index contributed by atoms with van der Waals surface area (Å²) in [6, 6.07) is 12.1. The number of carbonyl (C=O) groups excluding carboxylic acids is 1. The number of nitrogens with zero attached hydrogens (tertiary/aromatic N) is 2. The molecule has 2 aliphatic rings. The molecule has 1 aromatic heterocycles. The van der Waals surface area contributed by atoms with Crippen LogP contribution in [0.2, 0.25) is 0 Å². The summed E-state index contributed by atoms with van der Waals surface area (Å²) in [6.45, 7) is 4.74. The predicted octanol–water partition coefficient (Wildman–Crippen LogP) is 2.86. The summed E-state index contributed by atoms with van der Waals surface area (Å²) in [7, 11) is 0. The molecule has 1 N–H and O–H groups in total. The van der Waals surface area contributed by atoms with Crippen molar-refractivity contribution in [2.24, 2.45) is 0 Å². The molecule has 2 saturated heterocycles. The van der Waals surface area contributed by atoms with E-state index in [-0.39, 0.29) is 11.4 Å². The number of morpholine rings is 1. The molecule has 0 aliphatic carbocycles. The van der Waals surface area contributed by atoms with Gasteiger partial charge in [-0.15, -0.1) is 0 Å². The van der Waals surface area contributed by atoms with Gasteiger partial charge in [0.25, 0.3) is 0 Å². The van der Waals surface area contributed by atoms with Crippen LogP contribution in [0.5, 0.6) is 0 Å². The zero-order valence-corrected chi connectivity index (χ0v) is 15.6. The van der Waals surface area contributed by atoms with E-state index in [0.717, 1.165) is 44.8 Å². The van der Waals surface area contributed by atoms with E-state index >= 15 is 0 Å². The first-order valence-corrected chi connectivity index (χ1v) is 9.69. The molecule has 4 rings (SSSR count). The third-order valence-electron chi connectivity index (χ3n) is 5.59. The smallest absolute Gasteiger partial charge is 0.226 e. The van der Waals surface area contributed by atoms with E-state index in [1.165, 1.54) is 5.69 Å². The molecule has 0 bridgehead atoms. The Morgan fingerprint density at radius 3 is 2.26 bits per heavy atom. The van der Waals surface area contributed by atoms with E-state index in [0.29, 0.717) is 19.6 Å². The molecule has 3 heterocycles. The Labute approximate surface area is 160 Å². The molecule has 0 atom stereocenters. The van der Waals surface area contributed by atoms with Crippen LogP contribution in [0.3, 0.4) is 0 Å². The van der Waals surface area contributed by atoms with Crippen LogP contribution in [0.4, 0.5) is 11.4 Å². The second-order valence-electron chi connectivity index (χ2n) is 7.30. The predicted molar refractivity (Wildman–Crippen MR) is 105 cm³/mol. The summed E-state index contributed by atoms with van der Waals surface area (Å²) < 4.78 is 13.1. The van der Waals surface area contributed by atoms with E-state index in [9.17, 15) is 4.79 Å². The van der Waals surface area contributed by atoms with Crippen molar-refractivity contribution in [3.8, 4) is 0 Å². The topological polar surface area (TPSA) is 55.7 Å². The lowest BCUT2D eigenvalue weighted by Crippen LogP contribution is -2.42. The number of nitrogens with one attached hydrogen (secondary N) is 1. The van der Waals surface area contributed by atoms with Crippen LogP contribution in [0, 0.1) is 0 Å². The Bertz CT molecular complexity index is 731. The molecule has 1 aromatic carbocycles. The minimum absolute atomic E-state index is 0.0460. The summed E-state index contributed by atoms with van der Waals surface area (Å²) in [4.78, 5) is 15.1. The Balaban J connectivity index is 1.40. The van der Waals surface area contributed by atoms with Crippen LogP contribution in [-0.4, -0.2) is 50.0 Å². The van der Waals surface area contributed by atoms with Gasteiger partial charge in [-0.3, -0.25) is 4.79 Å². The van der Waals surface area contributed by atoms with Crippen molar-refractivity contribution in [2.75, 3.05) is 49.7 Å². The van der Waals surface area contributed by atoms with Gasteiger partial charge in [-0.25, -0.2) is 0 Å². The number of ether oxygens (including phenoxy) is 2. The molecule has 1 amide bonds. The SMILES string of the molecule is O=C(CC1(n2cccc2)CCOCC1)Nc1ccc(N2CCOCC2)cc1. The molecule has 2 aliphatic heterocycles. The first-order valence-electron chi connectivity index (χ1n) is 9.69. The zero-order chi connectivity index (χ0) is 18.5. The van der Waals surface area contributed by atoms with Crippen LogP contribution in [0.1, 0.15) is 19.3 Å². The van der Waals surface area contributed by atoms with Crippen molar-refractivity contribution < 1.29 is 14.3 Å². The van der Waals surface area contributed by atoms with Crippen LogP contribution in [-0.2, 0) is 19.8 Å². The van der Waals surface area contributed by atoms with Crippen molar-refractivity contribution >= 4 is 17.3 Å². The maximum absolute atomic E-state index is 12.8. The Morgan fingerprint density at radius 2 is 1.59 bits per heavy atom. The number of hydrogen-bond acceptors (Lipinski definition) is 4. The van der Waals surface area contributed by atoms with Gasteiger partial charge in [0.1, 0.15) is 0 Å². The average molecular weight is 369 g/mol. The van der Waals surface area contributed by atoms with Gasteiger partial charge < -0.3 is 24.3 Å². The van der Waals surface area contributed by atoms with Crippen molar-refractivity contribution in [3.05, 3.63) is 48.8 Å². The van der Waals surface area contributed by atoms with Crippen molar-refractivity contribution in [1.29, 1.82) is 0 Å². The lowest BCUT2D eigenvalue weighted by Gasteiger charge is -2.38. The van der Waals surface area contributed by atoms with Crippen LogP contribution in [0.15, 0.2) is 48.8 Å². The van der Waals surface area contributed by atoms with Gasteiger partial charge in [-0.2, -0.15) is 0 Å². The van der Waals surface area contributed by atoms with Crippen LogP contribution >= 0.6 is 0 Å². The fourth-order valence-corrected chi connectivity index (χ4v) is 4.01. The van der Waals surface area contributed by atoms with Gasteiger partial charge in [0.05, 0.1) is 25.2 Å². The van der Waals surface area contributed by atoms with Crippen molar-refractivity contribution in [2.45, 2.75) is 24.8 Å². The van der Waals surface area contributed by atoms with Gasteiger partial charge >= 0.3 is 0 Å².